The summed E-state index contributed by atoms with van der Waals surface area (Å²) in [7, 11) is 1.66. The van der Waals surface area contributed by atoms with E-state index in [1.807, 2.05) is 48.5 Å². The van der Waals surface area contributed by atoms with Crippen LogP contribution >= 0.6 is 35.6 Å². The molecule has 0 N–H and O–H groups in total. The minimum absolute atomic E-state index is 0.459. The van der Waals surface area contributed by atoms with Gasteiger partial charge in [-0.1, -0.05) is 47.6 Å². The molecule has 0 fully saturated rings. The zero-order valence-electron chi connectivity index (χ0n) is 11.5. The summed E-state index contributed by atoms with van der Waals surface area (Å²) in [6.07, 6.45) is 0. The van der Waals surface area contributed by atoms with Crippen molar-refractivity contribution in [2.75, 3.05) is 7.11 Å². The van der Waals surface area contributed by atoms with Crippen molar-refractivity contribution in [3.8, 4) is 5.75 Å². The van der Waals surface area contributed by atoms with Gasteiger partial charge in [-0.2, -0.15) is 0 Å². The van der Waals surface area contributed by atoms with Gasteiger partial charge in [-0.15, -0.1) is 0 Å². The summed E-state index contributed by atoms with van der Waals surface area (Å²) < 4.78 is 11.3. The SMILES string of the molecule is COc1cccc(CSC(=S)OCc2ccc(Cl)cc2)c1. The van der Waals surface area contributed by atoms with Crippen LogP contribution in [0.5, 0.6) is 5.75 Å². The van der Waals surface area contributed by atoms with Gasteiger partial charge < -0.3 is 9.47 Å². The quantitative estimate of drug-likeness (QED) is 0.707. The predicted octanol–water partition coefficient (Wildman–Crippen LogP) is 5.08. The third-order valence-corrected chi connectivity index (χ3v) is 4.32. The lowest BCUT2D eigenvalue weighted by Gasteiger charge is -2.08. The normalized spacial score (nSPS) is 10.2. The second kappa shape index (κ2) is 8.27. The second-order valence-electron chi connectivity index (χ2n) is 4.31. The number of rotatable bonds is 5. The summed E-state index contributed by atoms with van der Waals surface area (Å²) in [6.45, 7) is 0.459. The molecule has 110 valence electrons. The summed E-state index contributed by atoms with van der Waals surface area (Å²) in [5.41, 5.74) is 2.19. The van der Waals surface area contributed by atoms with E-state index in [1.165, 1.54) is 11.8 Å². The zero-order valence-corrected chi connectivity index (χ0v) is 13.9. The molecular formula is C16H15ClO2S2. The highest BCUT2D eigenvalue weighted by Crippen LogP contribution is 2.20. The van der Waals surface area contributed by atoms with E-state index in [4.69, 9.17) is 33.3 Å². The highest BCUT2D eigenvalue weighted by molar-refractivity contribution is 8.22. The molecule has 0 amide bonds. The van der Waals surface area contributed by atoms with E-state index in [2.05, 4.69) is 0 Å². The lowest BCUT2D eigenvalue weighted by molar-refractivity contribution is 0.310. The molecule has 0 aliphatic heterocycles. The Balaban J connectivity index is 1.78. The maximum Gasteiger partial charge on any atom is 0.220 e. The van der Waals surface area contributed by atoms with Gasteiger partial charge in [0.1, 0.15) is 12.4 Å². The first-order chi connectivity index (χ1) is 10.2. The van der Waals surface area contributed by atoms with Crippen molar-refractivity contribution in [2.45, 2.75) is 12.4 Å². The molecule has 0 saturated carbocycles. The van der Waals surface area contributed by atoms with Gasteiger partial charge in [-0.3, -0.25) is 0 Å². The minimum atomic E-state index is 0.459. The van der Waals surface area contributed by atoms with Crippen LogP contribution in [0.25, 0.3) is 0 Å². The number of ether oxygens (including phenoxy) is 2. The van der Waals surface area contributed by atoms with Crippen molar-refractivity contribution in [1.29, 1.82) is 0 Å². The molecule has 2 rings (SSSR count). The van der Waals surface area contributed by atoms with Gasteiger partial charge in [0.05, 0.1) is 7.11 Å². The van der Waals surface area contributed by atoms with E-state index in [0.717, 1.165) is 22.6 Å². The van der Waals surface area contributed by atoms with Gasteiger partial charge in [0.15, 0.2) is 0 Å². The fourth-order valence-electron chi connectivity index (χ4n) is 1.67. The van der Waals surface area contributed by atoms with E-state index >= 15 is 0 Å². The monoisotopic (exact) mass is 338 g/mol. The number of thiocarbonyl (C=S) groups is 1. The maximum absolute atomic E-state index is 5.84. The molecule has 21 heavy (non-hydrogen) atoms. The van der Waals surface area contributed by atoms with Gasteiger partial charge in [-0.05, 0) is 47.6 Å². The van der Waals surface area contributed by atoms with Crippen molar-refractivity contribution in [1.82, 2.24) is 0 Å². The van der Waals surface area contributed by atoms with Crippen LogP contribution in [0.15, 0.2) is 48.5 Å². The third-order valence-electron chi connectivity index (χ3n) is 2.76. The summed E-state index contributed by atoms with van der Waals surface area (Å²) in [4.78, 5) is 0. The number of hydrogen-bond donors (Lipinski definition) is 0. The molecule has 0 aliphatic carbocycles. The average Bonchev–Trinajstić information content (AvgIpc) is 2.52. The summed E-state index contributed by atoms with van der Waals surface area (Å²) >= 11 is 12.6. The Morgan fingerprint density at radius 3 is 2.62 bits per heavy atom. The predicted molar refractivity (Wildman–Crippen MR) is 93.1 cm³/mol. The number of hydrogen-bond acceptors (Lipinski definition) is 4. The highest BCUT2D eigenvalue weighted by atomic mass is 35.5. The Morgan fingerprint density at radius 2 is 1.90 bits per heavy atom. The van der Waals surface area contributed by atoms with E-state index in [-0.39, 0.29) is 0 Å². The van der Waals surface area contributed by atoms with Crippen molar-refractivity contribution >= 4 is 40.0 Å². The first-order valence-electron chi connectivity index (χ1n) is 6.34. The lowest BCUT2D eigenvalue weighted by atomic mass is 10.2. The Labute approximate surface area is 139 Å². The molecule has 0 atom stereocenters. The van der Waals surface area contributed by atoms with Crippen LogP contribution in [0, 0.1) is 0 Å². The Morgan fingerprint density at radius 1 is 1.14 bits per heavy atom. The average molecular weight is 339 g/mol. The van der Waals surface area contributed by atoms with Gasteiger partial charge in [-0.25, -0.2) is 0 Å². The molecule has 0 saturated heterocycles. The van der Waals surface area contributed by atoms with Crippen molar-refractivity contribution in [2.24, 2.45) is 0 Å². The Bertz CT molecular complexity index is 599. The topological polar surface area (TPSA) is 18.5 Å². The molecule has 0 aromatic heterocycles. The number of benzene rings is 2. The molecule has 0 unspecified atom stereocenters. The summed E-state index contributed by atoms with van der Waals surface area (Å²) in [5, 5.41) is 0.716. The van der Waals surface area contributed by atoms with Crippen LogP contribution in [0.4, 0.5) is 0 Å². The van der Waals surface area contributed by atoms with Crippen molar-refractivity contribution in [3.05, 3.63) is 64.7 Å². The summed E-state index contributed by atoms with van der Waals surface area (Å²) in [6, 6.07) is 15.5. The Kier molecular flexibility index (Phi) is 6.36. The molecule has 2 nitrogen and oxygen atoms in total. The standard InChI is InChI=1S/C16H15ClO2S2/c1-18-15-4-2-3-13(9-15)11-21-16(20)19-10-12-5-7-14(17)8-6-12/h2-9H,10-11H2,1H3. The molecule has 0 bridgehead atoms. The fraction of sp³-hybridized carbons (Fsp3) is 0.188. The molecule has 0 radical (unpaired) electrons. The maximum atomic E-state index is 5.84. The minimum Gasteiger partial charge on any atom is -0.497 e. The Hall–Kier alpha value is -1.23. The van der Waals surface area contributed by atoms with Crippen LogP contribution in [0.1, 0.15) is 11.1 Å². The molecule has 0 heterocycles. The molecule has 2 aromatic carbocycles. The van der Waals surface area contributed by atoms with Crippen LogP contribution in [-0.2, 0) is 17.1 Å². The smallest absolute Gasteiger partial charge is 0.220 e. The van der Waals surface area contributed by atoms with E-state index < -0.39 is 0 Å². The van der Waals surface area contributed by atoms with Crippen LogP contribution in [0.3, 0.4) is 0 Å². The van der Waals surface area contributed by atoms with E-state index in [9.17, 15) is 0 Å². The molecule has 0 spiro atoms. The second-order valence-corrected chi connectivity index (χ2v) is 6.32. The molecular weight excluding hydrogens is 324 g/mol. The largest absolute Gasteiger partial charge is 0.497 e. The van der Waals surface area contributed by atoms with Gasteiger partial charge in [0.25, 0.3) is 0 Å². The zero-order chi connectivity index (χ0) is 15.1. The fourth-order valence-corrected chi connectivity index (χ4v) is 2.64. The number of methoxy groups -OCH3 is 1. The van der Waals surface area contributed by atoms with Crippen LogP contribution in [0.2, 0.25) is 5.02 Å². The van der Waals surface area contributed by atoms with Gasteiger partial charge in [0, 0.05) is 10.8 Å². The van der Waals surface area contributed by atoms with Crippen LogP contribution in [-0.4, -0.2) is 11.5 Å². The highest BCUT2D eigenvalue weighted by Gasteiger charge is 2.03. The third kappa shape index (κ3) is 5.58. The first kappa shape index (κ1) is 16.1. The number of thioether (sulfide) groups is 1. The van der Waals surface area contributed by atoms with Crippen molar-refractivity contribution < 1.29 is 9.47 Å². The molecule has 0 aliphatic rings. The lowest BCUT2D eigenvalue weighted by Crippen LogP contribution is -1.98. The van der Waals surface area contributed by atoms with Crippen LogP contribution < -0.4 is 4.74 Å². The van der Waals surface area contributed by atoms with Gasteiger partial charge >= 0.3 is 0 Å². The van der Waals surface area contributed by atoms with E-state index in [0.29, 0.717) is 16.0 Å². The first-order valence-corrected chi connectivity index (χ1v) is 8.11. The van der Waals surface area contributed by atoms with Gasteiger partial charge in [0.2, 0.25) is 4.38 Å². The molecule has 5 heteroatoms. The number of halogens is 1. The molecule has 2 aromatic rings. The van der Waals surface area contributed by atoms with Crippen molar-refractivity contribution in [3.63, 3.8) is 0 Å². The summed E-state index contributed by atoms with van der Waals surface area (Å²) in [5.74, 6) is 1.61. The van der Waals surface area contributed by atoms with E-state index in [1.54, 1.807) is 7.11 Å².